The molecule has 1 heterocycles. The number of thiophene rings is 1. The number of benzene rings is 1. The normalized spacial score (nSPS) is 12.6. The molecule has 0 radical (unpaired) electrons. The Bertz CT molecular complexity index is 510. The van der Waals surface area contributed by atoms with Gasteiger partial charge in [-0.15, -0.1) is 23.1 Å². The summed E-state index contributed by atoms with van der Waals surface area (Å²) in [6, 6.07) is 10.5. The van der Waals surface area contributed by atoms with Crippen LogP contribution in [-0.2, 0) is 6.42 Å². The molecule has 1 atom stereocenters. The Kier molecular flexibility index (Phi) is 5.30. The van der Waals surface area contributed by atoms with Crippen LogP contribution in [0.4, 0.5) is 0 Å². The Balaban J connectivity index is 1.83. The molecule has 0 amide bonds. The number of halogens is 1. The van der Waals surface area contributed by atoms with Gasteiger partial charge in [-0.1, -0.05) is 17.7 Å². The van der Waals surface area contributed by atoms with Crippen LogP contribution >= 0.6 is 39.0 Å². The molecule has 1 unspecified atom stereocenters. The van der Waals surface area contributed by atoms with E-state index in [9.17, 15) is 5.11 Å². The summed E-state index contributed by atoms with van der Waals surface area (Å²) in [6.07, 6.45) is 0.441. The number of aliphatic hydroxyl groups is 1. The highest BCUT2D eigenvalue weighted by Gasteiger charge is 2.08. The lowest BCUT2D eigenvalue weighted by Crippen LogP contribution is -2.12. The summed E-state index contributed by atoms with van der Waals surface area (Å²) in [7, 11) is 0. The molecule has 2 rings (SSSR count). The van der Waals surface area contributed by atoms with E-state index in [4.69, 9.17) is 0 Å². The van der Waals surface area contributed by atoms with E-state index in [2.05, 4.69) is 58.6 Å². The predicted octanol–water partition coefficient (Wildman–Crippen LogP) is 4.51. The zero-order chi connectivity index (χ0) is 13.0. The Hall–Kier alpha value is -0.290. The summed E-state index contributed by atoms with van der Waals surface area (Å²) in [6.45, 7) is 2.09. The first-order valence-corrected chi connectivity index (χ1v) is 8.40. The van der Waals surface area contributed by atoms with Crippen molar-refractivity contribution >= 4 is 39.0 Å². The van der Waals surface area contributed by atoms with Crippen LogP contribution in [-0.4, -0.2) is 17.0 Å². The molecular weight excluding hydrogens is 328 g/mol. The number of hydrogen-bond donors (Lipinski definition) is 1. The van der Waals surface area contributed by atoms with Crippen molar-refractivity contribution in [2.24, 2.45) is 0 Å². The molecular formula is C14H15BrOS2. The van der Waals surface area contributed by atoms with Crippen molar-refractivity contribution in [3.05, 3.63) is 50.6 Å². The summed E-state index contributed by atoms with van der Waals surface area (Å²) in [5, 5.41) is 12.1. The van der Waals surface area contributed by atoms with Gasteiger partial charge >= 0.3 is 0 Å². The standard InChI is InChI=1S/C14H15BrOS2/c1-10-3-2-4-13(5-10)18-9-12(16)7-14-6-11(15)8-17-14/h2-6,8,12,16H,7,9H2,1H3. The molecule has 0 fully saturated rings. The minimum atomic E-state index is -0.291. The summed E-state index contributed by atoms with van der Waals surface area (Å²) in [5.41, 5.74) is 1.26. The minimum absolute atomic E-state index is 0.291. The molecule has 18 heavy (non-hydrogen) atoms. The zero-order valence-electron chi connectivity index (χ0n) is 10.1. The first-order valence-electron chi connectivity index (χ1n) is 5.74. The molecule has 2 aromatic rings. The van der Waals surface area contributed by atoms with Gasteiger partial charge in [0.1, 0.15) is 0 Å². The first kappa shape index (κ1) is 14.1. The van der Waals surface area contributed by atoms with Crippen LogP contribution < -0.4 is 0 Å². The molecule has 1 aromatic heterocycles. The molecule has 0 saturated carbocycles. The van der Waals surface area contributed by atoms with Gasteiger partial charge in [-0.05, 0) is 41.1 Å². The predicted molar refractivity (Wildman–Crippen MR) is 83.6 cm³/mol. The number of thioether (sulfide) groups is 1. The fourth-order valence-corrected chi connectivity index (χ4v) is 4.12. The molecule has 0 spiro atoms. The Morgan fingerprint density at radius 1 is 1.39 bits per heavy atom. The topological polar surface area (TPSA) is 20.2 Å². The van der Waals surface area contributed by atoms with Crippen LogP contribution in [0.15, 0.2) is 45.1 Å². The number of aryl methyl sites for hydroxylation is 1. The van der Waals surface area contributed by atoms with Gasteiger partial charge in [0, 0.05) is 31.8 Å². The minimum Gasteiger partial charge on any atom is -0.392 e. The number of rotatable bonds is 5. The van der Waals surface area contributed by atoms with E-state index in [0.717, 1.165) is 16.6 Å². The van der Waals surface area contributed by atoms with E-state index in [1.807, 2.05) is 0 Å². The molecule has 1 aromatic carbocycles. The largest absolute Gasteiger partial charge is 0.392 e. The zero-order valence-corrected chi connectivity index (χ0v) is 13.3. The van der Waals surface area contributed by atoms with Crippen LogP contribution in [0.25, 0.3) is 0 Å². The highest BCUT2D eigenvalue weighted by atomic mass is 79.9. The van der Waals surface area contributed by atoms with E-state index in [-0.39, 0.29) is 6.10 Å². The third-order valence-corrected chi connectivity index (χ3v) is 5.35. The second-order valence-electron chi connectivity index (χ2n) is 4.22. The monoisotopic (exact) mass is 342 g/mol. The molecule has 4 heteroatoms. The van der Waals surface area contributed by atoms with Crippen LogP contribution in [0.3, 0.4) is 0 Å². The molecule has 0 aliphatic carbocycles. The van der Waals surface area contributed by atoms with Gasteiger partial charge in [-0.3, -0.25) is 0 Å². The third kappa shape index (κ3) is 4.43. The Morgan fingerprint density at radius 2 is 2.22 bits per heavy atom. The van der Waals surface area contributed by atoms with Crippen molar-refractivity contribution < 1.29 is 5.11 Å². The smallest absolute Gasteiger partial charge is 0.0682 e. The van der Waals surface area contributed by atoms with E-state index >= 15 is 0 Å². The van der Waals surface area contributed by atoms with E-state index in [0.29, 0.717) is 0 Å². The van der Waals surface area contributed by atoms with Gasteiger partial charge in [0.2, 0.25) is 0 Å². The lowest BCUT2D eigenvalue weighted by molar-refractivity contribution is 0.201. The SMILES string of the molecule is Cc1cccc(SCC(O)Cc2cc(Br)cs2)c1. The highest BCUT2D eigenvalue weighted by Crippen LogP contribution is 2.24. The van der Waals surface area contributed by atoms with Crippen molar-refractivity contribution in [3.8, 4) is 0 Å². The molecule has 1 N–H and O–H groups in total. The summed E-state index contributed by atoms with van der Waals surface area (Å²) in [5.74, 6) is 0.735. The van der Waals surface area contributed by atoms with Crippen molar-refractivity contribution in [2.45, 2.75) is 24.3 Å². The summed E-state index contributed by atoms with van der Waals surface area (Å²) >= 11 is 6.83. The molecule has 0 aliphatic rings. The molecule has 96 valence electrons. The van der Waals surface area contributed by atoms with Crippen molar-refractivity contribution in [1.29, 1.82) is 0 Å². The Labute approximate surface area is 124 Å². The van der Waals surface area contributed by atoms with Crippen molar-refractivity contribution in [3.63, 3.8) is 0 Å². The van der Waals surface area contributed by atoms with Gasteiger partial charge in [0.25, 0.3) is 0 Å². The van der Waals surface area contributed by atoms with Crippen LogP contribution in [0, 0.1) is 6.92 Å². The van der Waals surface area contributed by atoms with Gasteiger partial charge < -0.3 is 5.11 Å². The third-order valence-electron chi connectivity index (χ3n) is 2.49. The average Bonchev–Trinajstić information content (AvgIpc) is 2.72. The van der Waals surface area contributed by atoms with Crippen LogP contribution in [0.1, 0.15) is 10.4 Å². The quantitative estimate of drug-likeness (QED) is 0.806. The second kappa shape index (κ2) is 6.75. The van der Waals surface area contributed by atoms with Gasteiger partial charge in [-0.25, -0.2) is 0 Å². The highest BCUT2D eigenvalue weighted by molar-refractivity contribution is 9.10. The maximum atomic E-state index is 10.0. The van der Waals surface area contributed by atoms with Crippen LogP contribution in [0.2, 0.25) is 0 Å². The number of hydrogen-bond acceptors (Lipinski definition) is 3. The summed E-state index contributed by atoms with van der Waals surface area (Å²) < 4.78 is 1.10. The first-order chi connectivity index (χ1) is 8.63. The van der Waals surface area contributed by atoms with E-state index in [1.165, 1.54) is 15.3 Å². The average molecular weight is 343 g/mol. The van der Waals surface area contributed by atoms with Gasteiger partial charge in [-0.2, -0.15) is 0 Å². The molecule has 0 bridgehead atoms. The van der Waals surface area contributed by atoms with E-state index in [1.54, 1.807) is 23.1 Å². The fraction of sp³-hybridized carbons (Fsp3) is 0.286. The molecule has 1 nitrogen and oxygen atoms in total. The van der Waals surface area contributed by atoms with Gasteiger partial charge in [0.15, 0.2) is 0 Å². The Morgan fingerprint density at radius 3 is 2.89 bits per heavy atom. The molecule has 0 aliphatic heterocycles. The van der Waals surface area contributed by atoms with Gasteiger partial charge in [0.05, 0.1) is 6.10 Å². The lowest BCUT2D eigenvalue weighted by Gasteiger charge is -2.09. The second-order valence-corrected chi connectivity index (χ2v) is 7.22. The van der Waals surface area contributed by atoms with Crippen molar-refractivity contribution in [1.82, 2.24) is 0 Å². The van der Waals surface area contributed by atoms with E-state index < -0.39 is 0 Å². The van der Waals surface area contributed by atoms with Crippen LogP contribution in [0.5, 0.6) is 0 Å². The van der Waals surface area contributed by atoms with Crippen molar-refractivity contribution in [2.75, 3.05) is 5.75 Å². The fourth-order valence-electron chi connectivity index (χ4n) is 1.65. The number of aliphatic hydroxyl groups excluding tert-OH is 1. The lowest BCUT2D eigenvalue weighted by atomic mass is 10.2. The maximum absolute atomic E-state index is 10.0. The summed E-state index contributed by atoms with van der Waals surface area (Å²) in [4.78, 5) is 2.45. The maximum Gasteiger partial charge on any atom is 0.0682 e. The molecule has 0 saturated heterocycles.